The van der Waals surface area contributed by atoms with Gasteiger partial charge in [0.2, 0.25) is 0 Å². The van der Waals surface area contributed by atoms with E-state index in [0.717, 1.165) is 11.6 Å². The molecule has 0 aliphatic heterocycles. The average Bonchev–Trinajstić information content (AvgIpc) is 3.20. The molecule has 2 atom stereocenters. The molecule has 2 unspecified atom stereocenters. The SMILES string of the molecule is COc1ccc(NC2CC2c2ccccc2)nc1. The predicted octanol–water partition coefficient (Wildman–Crippen LogP) is 3.06. The van der Waals surface area contributed by atoms with E-state index in [1.54, 1.807) is 13.3 Å². The molecule has 0 bridgehead atoms. The summed E-state index contributed by atoms with van der Waals surface area (Å²) < 4.78 is 5.09. The quantitative estimate of drug-likeness (QED) is 0.891. The normalized spacial score (nSPS) is 21.4. The Morgan fingerprint density at radius 1 is 1.17 bits per heavy atom. The third kappa shape index (κ3) is 2.30. The molecule has 2 aromatic rings. The minimum atomic E-state index is 0.508. The van der Waals surface area contributed by atoms with Crippen LogP contribution in [0.15, 0.2) is 48.7 Å². The van der Waals surface area contributed by atoms with E-state index in [4.69, 9.17) is 4.74 Å². The number of aromatic nitrogens is 1. The van der Waals surface area contributed by atoms with Crippen LogP contribution in [0.1, 0.15) is 17.9 Å². The molecule has 3 heteroatoms. The van der Waals surface area contributed by atoms with Crippen molar-refractivity contribution in [1.82, 2.24) is 4.98 Å². The number of ether oxygens (including phenoxy) is 1. The van der Waals surface area contributed by atoms with Gasteiger partial charge in [-0.1, -0.05) is 30.3 Å². The van der Waals surface area contributed by atoms with E-state index in [2.05, 4.69) is 40.6 Å². The molecule has 1 aliphatic carbocycles. The van der Waals surface area contributed by atoms with E-state index >= 15 is 0 Å². The monoisotopic (exact) mass is 240 g/mol. The molecule has 18 heavy (non-hydrogen) atoms. The van der Waals surface area contributed by atoms with Gasteiger partial charge in [0.25, 0.3) is 0 Å². The van der Waals surface area contributed by atoms with Crippen LogP contribution in [0.4, 0.5) is 5.82 Å². The van der Waals surface area contributed by atoms with Crippen LogP contribution in [0.5, 0.6) is 5.75 Å². The first kappa shape index (κ1) is 11.1. The van der Waals surface area contributed by atoms with Crippen LogP contribution in [-0.4, -0.2) is 18.1 Å². The zero-order valence-corrected chi connectivity index (χ0v) is 10.3. The van der Waals surface area contributed by atoms with Gasteiger partial charge in [0.15, 0.2) is 0 Å². The van der Waals surface area contributed by atoms with Crippen molar-refractivity contribution in [2.75, 3.05) is 12.4 Å². The molecule has 3 rings (SSSR count). The first-order valence-corrected chi connectivity index (χ1v) is 6.18. The molecular formula is C15H16N2O. The van der Waals surface area contributed by atoms with Crippen LogP contribution < -0.4 is 10.1 Å². The number of hydrogen-bond donors (Lipinski definition) is 1. The van der Waals surface area contributed by atoms with Gasteiger partial charge in [-0.3, -0.25) is 0 Å². The Labute approximate surface area is 107 Å². The topological polar surface area (TPSA) is 34.1 Å². The molecule has 3 nitrogen and oxygen atoms in total. The average molecular weight is 240 g/mol. The highest BCUT2D eigenvalue weighted by Crippen LogP contribution is 2.42. The summed E-state index contributed by atoms with van der Waals surface area (Å²) in [5.41, 5.74) is 1.41. The van der Waals surface area contributed by atoms with Crippen molar-refractivity contribution in [1.29, 1.82) is 0 Å². The molecule has 0 amide bonds. The minimum absolute atomic E-state index is 0.508. The van der Waals surface area contributed by atoms with Crippen molar-refractivity contribution in [3.8, 4) is 5.75 Å². The van der Waals surface area contributed by atoms with Crippen molar-refractivity contribution >= 4 is 5.82 Å². The zero-order chi connectivity index (χ0) is 12.4. The fraction of sp³-hybridized carbons (Fsp3) is 0.267. The number of rotatable bonds is 4. The predicted molar refractivity (Wildman–Crippen MR) is 72.0 cm³/mol. The van der Waals surface area contributed by atoms with Crippen molar-refractivity contribution < 1.29 is 4.74 Å². The highest BCUT2D eigenvalue weighted by molar-refractivity contribution is 5.43. The molecule has 0 radical (unpaired) electrons. The molecule has 92 valence electrons. The number of benzene rings is 1. The standard InChI is InChI=1S/C15H16N2O/c1-18-12-7-8-15(16-10-12)17-14-9-13(14)11-5-3-2-4-6-11/h2-8,10,13-14H,9H2,1H3,(H,16,17). The van der Waals surface area contributed by atoms with Crippen molar-refractivity contribution in [3.63, 3.8) is 0 Å². The molecule has 1 aromatic heterocycles. The Morgan fingerprint density at radius 2 is 2.00 bits per heavy atom. The van der Waals surface area contributed by atoms with E-state index in [-0.39, 0.29) is 0 Å². The third-order valence-corrected chi connectivity index (χ3v) is 3.32. The van der Waals surface area contributed by atoms with E-state index < -0.39 is 0 Å². The van der Waals surface area contributed by atoms with Gasteiger partial charge in [0, 0.05) is 12.0 Å². The van der Waals surface area contributed by atoms with Gasteiger partial charge in [-0.25, -0.2) is 4.98 Å². The lowest BCUT2D eigenvalue weighted by Crippen LogP contribution is -2.05. The second-order valence-electron chi connectivity index (χ2n) is 4.59. The fourth-order valence-corrected chi connectivity index (χ4v) is 2.20. The van der Waals surface area contributed by atoms with Crippen molar-refractivity contribution in [2.24, 2.45) is 0 Å². The number of nitrogens with zero attached hydrogens (tertiary/aromatic N) is 1. The van der Waals surface area contributed by atoms with Crippen molar-refractivity contribution in [2.45, 2.75) is 18.4 Å². The lowest BCUT2D eigenvalue weighted by Gasteiger charge is -2.06. The van der Waals surface area contributed by atoms with Gasteiger partial charge in [0.1, 0.15) is 11.6 Å². The lowest BCUT2D eigenvalue weighted by atomic mass is 10.1. The molecular weight excluding hydrogens is 224 g/mol. The minimum Gasteiger partial charge on any atom is -0.495 e. The molecule has 1 fully saturated rings. The smallest absolute Gasteiger partial charge is 0.137 e. The summed E-state index contributed by atoms with van der Waals surface area (Å²) in [7, 11) is 1.65. The van der Waals surface area contributed by atoms with E-state index in [9.17, 15) is 0 Å². The maximum absolute atomic E-state index is 5.09. The first-order chi connectivity index (χ1) is 8.86. The Morgan fingerprint density at radius 3 is 2.67 bits per heavy atom. The van der Waals surface area contributed by atoms with Gasteiger partial charge < -0.3 is 10.1 Å². The van der Waals surface area contributed by atoms with E-state index in [1.165, 1.54) is 12.0 Å². The first-order valence-electron chi connectivity index (χ1n) is 6.18. The van der Waals surface area contributed by atoms with Crippen LogP contribution in [0, 0.1) is 0 Å². The summed E-state index contributed by atoms with van der Waals surface area (Å²) in [6.45, 7) is 0. The van der Waals surface area contributed by atoms with Gasteiger partial charge in [-0.05, 0) is 24.1 Å². The Bertz CT molecular complexity index is 510. The summed E-state index contributed by atoms with van der Waals surface area (Å²) in [6.07, 6.45) is 2.92. The number of anilines is 1. The Kier molecular flexibility index (Phi) is 2.89. The molecule has 0 spiro atoms. The molecule has 1 aliphatic rings. The van der Waals surface area contributed by atoms with Crippen LogP contribution in [-0.2, 0) is 0 Å². The van der Waals surface area contributed by atoms with Crippen LogP contribution in [0.25, 0.3) is 0 Å². The Hall–Kier alpha value is -2.03. The number of hydrogen-bond acceptors (Lipinski definition) is 3. The lowest BCUT2D eigenvalue weighted by molar-refractivity contribution is 0.413. The van der Waals surface area contributed by atoms with Crippen LogP contribution in [0.3, 0.4) is 0 Å². The second kappa shape index (κ2) is 4.69. The second-order valence-corrected chi connectivity index (χ2v) is 4.59. The molecule has 1 N–H and O–H groups in total. The molecule has 0 saturated heterocycles. The summed E-state index contributed by atoms with van der Waals surface area (Å²) in [6, 6.07) is 15.0. The number of methoxy groups -OCH3 is 1. The van der Waals surface area contributed by atoms with Gasteiger partial charge in [-0.15, -0.1) is 0 Å². The van der Waals surface area contributed by atoms with Crippen LogP contribution >= 0.6 is 0 Å². The van der Waals surface area contributed by atoms with Gasteiger partial charge in [0.05, 0.1) is 13.3 Å². The summed E-state index contributed by atoms with van der Waals surface area (Å²) in [5, 5.41) is 3.45. The van der Waals surface area contributed by atoms with E-state index in [0.29, 0.717) is 12.0 Å². The molecule has 1 saturated carbocycles. The molecule has 1 aromatic carbocycles. The van der Waals surface area contributed by atoms with E-state index in [1.807, 2.05) is 12.1 Å². The summed E-state index contributed by atoms with van der Waals surface area (Å²) in [5.74, 6) is 2.32. The highest BCUT2D eigenvalue weighted by atomic mass is 16.5. The number of pyridine rings is 1. The van der Waals surface area contributed by atoms with Crippen molar-refractivity contribution in [3.05, 3.63) is 54.2 Å². The van der Waals surface area contributed by atoms with Gasteiger partial charge in [-0.2, -0.15) is 0 Å². The largest absolute Gasteiger partial charge is 0.495 e. The third-order valence-electron chi connectivity index (χ3n) is 3.32. The Balaban J connectivity index is 1.62. The fourth-order valence-electron chi connectivity index (χ4n) is 2.20. The number of nitrogens with one attached hydrogen (secondary N) is 1. The maximum Gasteiger partial charge on any atom is 0.137 e. The van der Waals surface area contributed by atoms with Gasteiger partial charge >= 0.3 is 0 Å². The molecule has 1 heterocycles. The van der Waals surface area contributed by atoms with Crippen LogP contribution in [0.2, 0.25) is 0 Å². The summed E-state index contributed by atoms with van der Waals surface area (Å²) >= 11 is 0. The summed E-state index contributed by atoms with van der Waals surface area (Å²) in [4.78, 5) is 4.32. The zero-order valence-electron chi connectivity index (χ0n) is 10.3. The maximum atomic E-state index is 5.09. The highest BCUT2D eigenvalue weighted by Gasteiger charge is 2.38.